The number of aromatic nitrogens is 1. The van der Waals surface area contributed by atoms with Crippen LogP contribution in [0.5, 0.6) is 0 Å². The number of aliphatic hydroxyl groups is 1. The van der Waals surface area contributed by atoms with E-state index in [0.717, 1.165) is 26.6 Å². The number of halogens is 1. The van der Waals surface area contributed by atoms with Gasteiger partial charge in [-0.05, 0) is 40.0 Å². The van der Waals surface area contributed by atoms with Gasteiger partial charge >= 0.3 is 0 Å². The molecule has 3 aromatic rings. The van der Waals surface area contributed by atoms with E-state index in [4.69, 9.17) is 0 Å². The fraction of sp³-hybridized carbons (Fsp3) is 0.167. The fourth-order valence-corrected chi connectivity index (χ4v) is 3.06. The van der Waals surface area contributed by atoms with Crippen molar-refractivity contribution in [2.45, 2.75) is 12.5 Å². The Labute approximate surface area is 138 Å². The Morgan fingerprint density at radius 2 is 1.86 bits per heavy atom. The van der Waals surface area contributed by atoms with Gasteiger partial charge in [0.15, 0.2) is 0 Å². The summed E-state index contributed by atoms with van der Waals surface area (Å²) in [5.41, 5.74) is 3.12. The molecule has 3 nitrogen and oxygen atoms in total. The largest absolute Gasteiger partial charge is 0.396 e. The van der Waals surface area contributed by atoms with Crippen molar-refractivity contribution in [3.05, 3.63) is 70.8 Å². The predicted octanol–water partition coefficient (Wildman–Crippen LogP) is 4.53. The van der Waals surface area contributed by atoms with E-state index in [9.17, 15) is 5.11 Å². The van der Waals surface area contributed by atoms with Crippen LogP contribution in [0.4, 0.5) is 5.69 Å². The van der Waals surface area contributed by atoms with Crippen molar-refractivity contribution in [2.24, 2.45) is 0 Å². The van der Waals surface area contributed by atoms with E-state index in [1.54, 1.807) is 6.20 Å². The third kappa shape index (κ3) is 3.13. The first-order chi connectivity index (χ1) is 10.8. The maximum Gasteiger partial charge on any atom is 0.0864 e. The molecule has 0 amide bonds. The first kappa shape index (κ1) is 15.0. The van der Waals surface area contributed by atoms with Gasteiger partial charge in [-0.1, -0.05) is 42.5 Å². The maximum atomic E-state index is 9.37. The number of benzene rings is 2. The van der Waals surface area contributed by atoms with Crippen molar-refractivity contribution in [2.75, 3.05) is 11.9 Å². The fourth-order valence-electron chi connectivity index (χ4n) is 2.59. The van der Waals surface area contributed by atoms with Gasteiger partial charge in [0.05, 0.1) is 11.6 Å². The Hall–Kier alpha value is -1.91. The molecule has 0 spiro atoms. The van der Waals surface area contributed by atoms with E-state index in [1.165, 1.54) is 0 Å². The van der Waals surface area contributed by atoms with Crippen LogP contribution in [0.2, 0.25) is 0 Å². The van der Waals surface area contributed by atoms with Crippen LogP contribution in [0.25, 0.3) is 10.9 Å². The average molecular weight is 357 g/mol. The minimum absolute atomic E-state index is 0.0655. The maximum absolute atomic E-state index is 9.37. The van der Waals surface area contributed by atoms with E-state index in [2.05, 4.69) is 44.4 Å². The Bertz CT molecular complexity index is 761. The molecule has 0 aliphatic heterocycles. The number of nitrogens with zero attached hydrogens (tertiary/aromatic N) is 1. The number of anilines is 1. The summed E-state index contributed by atoms with van der Waals surface area (Å²) < 4.78 is 0.979. The summed E-state index contributed by atoms with van der Waals surface area (Å²) >= 11 is 3.54. The molecule has 0 radical (unpaired) electrons. The van der Waals surface area contributed by atoms with Gasteiger partial charge in [-0.2, -0.15) is 0 Å². The first-order valence-corrected chi connectivity index (χ1v) is 8.04. The van der Waals surface area contributed by atoms with E-state index >= 15 is 0 Å². The molecule has 2 N–H and O–H groups in total. The number of fused-ring (bicyclic) bond motifs is 1. The summed E-state index contributed by atoms with van der Waals surface area (Å²) in [7, 11) is 0. The number of rotatable bonds is 5. The Morgan fingerprint density at radius 1 is 1.05 bits per heavy atom. The quantitative estimate of drug-likeness (QED) is 0.705. The minimum Gasteiger partial charge on any atom is -0.396 e. The summed E-state index contributed by atoms with van der Waals surface area (Å²) in [4.78, 5) is 4.43. The highest BCUT2D eigenvalue weighted by molar-refractivity contribution is 9.10. The Kier molecular flexibility index (Phi) is 4.71. The smallest absolute Gasteiger partial charge is 0.0864 e. The summed E-state index contributed by atoms with van der Waals surface area (Å²) in [6, 6.07) is 18.3. The van der Waals surface area contributed by atoms with Crippen molar-refractivity contribution in [1.82, 2.24) is 4.98 Å². The number of aliphatic hydroxyl groups excluding tert-OH is 1. The lowest BCUT2D eigenvalue weighted by molar-refractivity contribution is 0.280. The molecule has 22 heavy (non-hydrogen) atoms. The molecule has 1 aromatic heterocycles. The minimum atomic E-state index is 0.0655. The lowest BCUT2D eigenvalue weighted by atomic mass is 10.0. The highest BCUT2D eigenvalue weighted by atomic mass is 79.9. The molecule has 112 valence electrons. The third-order valence-corrected chi connectivity index (χ3v) is 4.31. The third-order valence-electron chi connectivity index (χ3n) is 3.67. The highest BCUT2D eigenvalue weighted by Gasteiger charge is 2.13. The SMILES string of the molecule is OCC[C@@H](Nc1ccnc2c(Br)cccc12)c1ccccc1. The van der Waals surface area contributed by atoms with Crippen LogP contribution in [-0.2, 0) is 0 Å². The molecular weight excluding hydrogens is 340 g/mol. The van der Waals surface area contributed by atoms with Gasteiger partial charge in [0, 0.05) is 28.4 Å². The number of para-hydroxylation sites is 1. The summed E-state index contributed by atoms with van der Waals surface area (Å²) in [5.74, 6) is 0. The monoisotopic (exact) mass is 356 g/mol. The topological polar surface area (TPSA) is 45.1 Å². The lowest BCUT2D eigenvalue weighted by Crippen LogP contribution is -2.12. The van der Waals surface area contributed by atoms with Crippen molar-refractivity contribution in [3.8, 4) is 0 Å². The molecule has 0 fully saturated rings. The second kappa shape index (κ2) is 6.90. The number of nitrogens with one attached hydrogen (secondary N) is 1. The molecule has 0 aliphatic carbocycles. The second-order valence-electron chi connectivity index (χ2n) is 5.11. The molecular formula is C18H17BrN2O. The molecule has 1 atom stereocenters. The molecule has 1 heterocycles. The van der Waals surface area contributed by atoms with E-state index < -0.39 is 0 Å². The van der Waals surface area contributed by atoms with Gasteiger partial charge in [0.2, 0.25) is 0 Å². The van der Waals surface area contributed by atoms with Crippen molar-refractivity contribution >= 4 is 32.5 Å². The van der Waals surface area contributed by atoms with Gasteiger partial charge in [0.25, 0.3) is 0 Å². The van der Waals surface area contributed by atoms with Crippen molar-refractivity contribution in [1.29, 1.82) is 0 Å². The normalized spacial score (nSPS) is 12.3. The molecule has 0 saturated carbocycles. The van der Waals surface area contributed by atoms with Crippen molar-refractivity contribution in [3.63, 3.8) is 0 Å². The molecule has 0 saturated heterocycles. The van der Waals surface area contributed by atoms with E-state index in [1.807, 2.05) is 36.4 Å². The molecule has 2 aromatic carbocycles. The molecule has 0 aliphatic rings. The summed E-state index contributed by atoms with van der Waals surface area (Å²) in [5, 5.41) is 14.0. The zero-order valence-electron chi connectivity index (χ0n) is 12.0. The van der Waals surface area contributed by atoms with E-state index in [-0.39, 0.29) is 12.6 Å². The van der Waals surface area contributed by atoms with Crippen LogP contribution in [0.1, 0.15) is 18.0 Å². The van der Waals surface area contributed by atoms with Crippen molar-refractivity contribution < 1.29 is 5.11 Å². The van der Waals surface area contributed by atoms with Gasteiger partial charge in [-0.3, -0.25) is 4.98 Å². The van der Waals surface area contributed by atoms with Gasteiger partial charge in [-0.25, -0.2) is 0 Å². The Balaban J connectivity index is 1.98. The van der Waals surface area contributed by atoms with Crippen LogP contribution in [0, 0.1) is 0 Å². The zero-order chi connectivity index (χ0) is 15.4. The summed E-state index contributed by atoms with van der Waals surface area (Å²) in [6.45, 7) is 0.138. The van der Waals surface area contributed by atoms with Gasteiger partial charge in [-0.15, -0.1) is 0 Å². The number of hydrogen-bond donors (Lipinski definition) is 2. The van der Waals surface area contributed by atoms with Crippen LogP contribution in [0.3, 0.4) is 0 Å². The lowest BCUT2D eigenvalue weighted by Gasteiger charge is -2.20. The number of pyridine rings is 1. The average Bonchev–Trinajstić information content (AvgIpc) is 2.56. The van der Waals surface area contributed by atoms with Crippen LogP contribution < -0.4 is 5.32 Å². The molecule has 0 unspecified atom stereocenters. The molecule has 0 bridgehead atoms. The highest BCUT2D eigenvalue weighted by Crippen LogP contribution is 2.30. The first-order valence-electron chi connectivity index (χ1n) is 7.25. The predicted molar refractivity (Wildman–Crippen MR) is 94.0 cm³/mol. The second-order valence-corrected chi connectivity index (χ2v) is 5.97. The van der Waals surface area contributed by atoms with Gasteiger partial charge < -0.3 is 10.4 Å². The molecule has 4 heteroatoms. The standard InChI is InChI=1S/C18H17BrN2O/c19-15-8-4-7-14-17(9-11-20-18(14)15)21-16(10-12-22)13-5-2-1-3-6-13/h1-9,11,16,22H,10,12H2,(H,20,21)/t16-/m1/s1. The van der Waals surface area contributed by atoms with Crippen LogP contribution in [-0.4, -0.2) is 16.7 Å². The van der Waals surface area contributed by atoms with Gasteiger partial charge in [0.1, 0.15) is 0 Å². The Morgan fingerprint density at radius 3 is 2.64 bits per heavy atom. The zero-order valence-corrected chi connectivity index (χ0v) is 13.6. The van der Waals surface area contributed by atoms with Crippen LogP contribution in [0.15, 0.2) is 65.3 Å². The van der Waals surface area contributed by atoms with Crippen LogP contribution >= 0.6 is 15.9 Å². The van der Waals surface area contributed by atoms with E-state index in [0.29, 0.717) is 6.42 Å². The number of hydrogen-bond acceptors (Lipinski definition) is 3. The summed E-state index contributed by atoms with van der Waals surface area (Å²) in [6.07, 6.45) is 2.46. The molecule has 3 rings (SSSR count).